The number of ketones is 2. The highest BCUT2D eigenvalue weighted by molar-refractivity contribution is 6.19. The molecule has 0 aromatic heterocycles. The third-order valence-electron chi connectivity index (χ3n) is 2.54. The highest BCUT2D eigenvalue weighted by Gasteiger charge is 2.29. The van der Waals surface area contributed by atoms with Crippen molar-refractivity contribution in [1.29, 1.82) is 0 Å². The Balaban J connectivity index is 2.86. The molecule has 0 aromatic carbocycles. The molecule has 1 aliphatic carbocycles. The van der Waals surface area contributed by atoms with Crippen molar-refractivity contribution in [3.8, 4) is 11.8 Å². The summed E-state index contributed by atoms with van der Waals surface area (Å²) in [6, 6.07) is 0. The summed E-state index contributed by atoms with van der Waals surface area (Å²) in [5.74, 6) is 6.33. The van der Waals surface area contributed by atoms with Crippen LogP contribution in [0.3, 0.4) is 0 Å². The lowest BCUT2D eigenvalue weighted by Gasteiger charge is -2.15. The number of allylic oxidation sites excluding steroid dienone is 2. The van der Waals surface area contributed by atoms with Crippen LogP contribution >= 0.6 is 0 Å². The van der Waals surface area contributed by atoms with Crippen LogP contribution in [0.25, 0.3) is 0 Å². The van der Waals surface area contributed by atoms with E-state index in [1.54, 1.807) is 19.9 Å². The Kier molecular flexibility index (Phi) is 5.34. The maximum Gasteiger partial charge on any atom is 0.385 e. The molecule has 0 fully saturated rings. The summed E-state index contributed by atoms with van der Waals surface area (Å²) in [7, 11) is 3.02. The molecule has 96 valence electrons. The number of ether oxygens (including phenoxy) is 2. The molecule has 1 atom stereocenters. The summed E-state index contributed by atoms with van der Waals surface area (Å²) < 4.78 is 15.7. The Labute approximate surface area is 107 Å². The molecule has 0 heterocycles. The maximum absolute atomic E-state index is 11.9. The number of rotatable bonds is 4. The molecular weight excluding hydrogens is 232 g/mol. The Bertz CT molecular complexity index is 472. The van der Waals surface area contributed by atoms with Crippen LogP contribution in [-0.2, 0) is 18.7 Å². The van der Waals surface area contributed by atoms with Gasteiger partial charge in [0.05, 0.1) is 19.3 Å². The van der Waals surface area contributed by atoms with Gasteiger partial charge in [-0.05, 0) is 13.8 Å². The van der Waals surface area contributed by atoms with Gasteiger partial charge in [0.15, 0.2) is 5.78 Å². The quantitative estimate of drug-likeness (QED) is 0.427. The zero-order chi connectivity index (χ0) is 13.5. The van der Waals surface area contributed by atoms with Gasteiger partial charge in [0.1, 0.15) is 6.61 Å². The van der Waals surface area contributed by atoms with E-state index in [-0.39, 0.29) is 11.9 Å². The van der Waals surface area contributed by atoms with Crippen molar-refractivity contribution in [2.75, 3.05) is 20.8 Å². The molecule has 1 unspecified atom stereocenters. The topological polar surface area (TPSA) is 46.8 Å². The average Bonchev–Trinajstić information content (AvgIpc) is 2.38. The molecule has 0 radical (unpaired) electrons. The monoisotopic (exact) mass is 249 g/mol. The van der Waals surface area contributed by atoms with Crippen molar-refractivity contribution in [3.05, 3.63) is 23.5 Å². The molecule has 0 aromatic rings. The van der Waals surface area contributed by atoms with Crippen molar-refractivity contribution in [3.63, 3.8) is 0 Å². The number of hydrogen-bond donors (Lipinski definition) is 0. The van der Waals surface area contributed by atoms with Crippen LogP contribution in [0.15, 0.2) is 23.5 Å². The first-order valence-corrected chi connectivity index (χ1v) is 5.58. The highest BCUT2D eigenvalue weighted by Crippen LogP contribution is 2.17. The number of hydrogen-bond acceptors (Lipinski definition) is 3. The number of carbonyl (C=O) groups is 1. The lowest BCUT2D eigenvalue weighted by atomic mass is 9.98. The summed E-state index contributed by atoms with van der Waals surface area (Å²) in [6.45, 7) is 3.84. The Morgan fingerprint density at radius 2 is 2.17 bits per heavy atom. The smallest absolute Gasteiger partial charge is 0.385 e. The van der Waals surface area contributed by atoms with E-state index in [9.17, 15) is 4.79 Å². The summed E-state index contributed by atoms with van der Waals surface area (Å²) in [4.78, 5) is 11.9. The van der Waals surface area contributed by atoms with Crippen LogP contribution < -0.4 is 0 Å². The summed E-state index contributed by atoms with van der Waals surface area (Å²) in [6.07, 6.45) is 2.71. The molecule has 0 saturated carbocycles. The first-order valence-electron chi connectivity index (χ1n) is 5.58. The van der Waals surface area contributed by atoms with Crippen molar-refractivity contribution in [2.45, 2.75) is 20.0 Å². The van der Waals surface area contributed by atoms with Crippen molar-refractivity contribution >= 4 is 11.6 Å². The zero-order valence-electron chi connectivity index (χ0n) is 11.1. The fourth-order valence-electron chi connectivity index (χ4n) is 1.52. The second-order valence-electron chi connectivity index (χ2n) is 3.63. The van der Waals surface area contributed by atoms with Gasteiger partial charge in [-0.3, -0.25) is 9.22 Å². The van der Waals surface area contributed by atoms with Crippen LogP contribution in [0.4, 0.5) is 0 Å². The van der Waals surface area contributed by atoms with Gasteiger partial charge in [0.2, 0.25) is 5.76 Å². The van der Waals surface area contributed by atoms with E-state index < -0.39 is 0 Å². The molecular formula is C14H17O4+. The molecule has 1 rings (SSSR count). The van der Waals surface area contributed by atoms with E-state index >= 15 is 0 Å². The first-order chi connectivity index (χ1) is 8.63. The van der Waals surface area contributed by atoms with Gasteiger partial charge >= 0.3 is 5.78 Å². The van der Waals surface area contributed by atoms with E-state index in [2.05, 4.69) is 11.8 Å². The normalized spacial score (nSPS) is 18.7. The predicted octanol–water partition coefficient (Wildman–Crippen LogP) is 1.19. The number of methoxy groups -OCH3 is 1. The van der Waals surface area contributed by atoms with Gasteiger partial charge in [0.25, 0.3) is 7.11 Å². The first kappa shape index (κ1) is 14.2. The van der Waals surface area contributed by atoms with E-state index in [0.717, 1.165) is 0 Å². The van der Waals surface area contributed by atoms with Crippen molar-refractivity contribution < 1.29 is 18.7 Å². The van der Waals surface area contributed by atoms with E-state index in [4.69, 9.17) is 13.9 Å². The average molecular weight is 249 g/mol. The molecule has 1 aliphatic rings. The number of carbonyl (C=O) groups excluding carboxylic acids is 2. The predicted molar refractivity (Wildman–Crippen MR) is 68.0 cm³/mol. The van der Waals surface area contributed by atoms with Crippen LogP contribution in [0.2, 0.25) is 0 Å². The molecule has 0 aliphatic heterocycles. The van der Waals surface area contributed by atoms with Gasteiger partial charge in [-0.2, -0.15) is 0 Å². The minimum atomic E-state index is -0.335. The molecule has 0 spiro atoms. The molecule has 18 heavy (non-hydrogen) atoms. The summed E-state index contributed by atoms with van der Waals surface area (Å²) >= 11 is 0. The lowest BCUT2D eigenvalue weighted by molar-refractivity contribution is -0.419. The Morgan fingerprint density at radius 3 is 2.72 bits per heavy atom. The molecule has 0 N–H and O–H groups in total. The van der Waals surface area contributed by atoms with E-state index in [0.29, 0.717) is 23.7 Å². The zero-order valence-corrected chi connectivity index (χ0v) is 11.1. The second kappa shape index (κ2) is 6.77. The summed E-state index contributed by atoms with van der Waals surface area (Å²) in [5.41, 5.74) is 0.533. The highest BCUT2D eigenvalue weighted by atomic mass is 16.5. The van der Waals surface area contributed by atoms with Crippen molar-refractivity contribution in [2.24, 2.45) is 0 Å². The molecule has 4 heteroatoms. The third-order valence-corrected chi connectivity index (χ3v) is 2.54. The van der Waals surface area contributed by atoms with Crippen LogP contribution in [0.1, 0.15) is 13.8 Å². The molecule has 0 bridgehead atoms. The molecule has 0 saturated heterocycles. The standard InChI is InChI=1S/C14H17O4/c1-5-6-7-18-10(2)11-8-13(16-3)14(17-4)9-12(11)15/h8-10H,7H2,1-4H3/q+1. The Hall–Kier alpha value is -1.86. The fourth-order valence-corrected chi connectivity index (χ4v) is 1.52. The minimum absolute atomic E-state index is 0.135. The fraction of sp³-hybridized carbons (Fsp3) is 0.429. The van der Waals surface area contributed by atoms with Crippen molar-refractivity contribution in [1.82, 2.24) is 0 Å². The van der Waals surface area contributed by atoms with Gasteiger partial charge in [-0.25, -0.2) is 0 Å². The second-order valence-corrected chi connectivity index (χ2v) is 3.63. The van der Waals surface area contributed by atoms with Gasteiger partial charge in [-0.1, -0.05) is 5.92 Å². The van der Waals surface area contributed by atoms with Crippen LogP contribution in [-0.4, -0.2) is 38.5 Å². The van der Waals surface area contributed by atoms with Crippen LogP contribution in [0, 0.1) is 11.8 Å². The largest absolute Gasteiger partial charge is 0.488 e. The molecule has 4 nitrogen and oxygen atoms in total. The molecule has 0 amide bonds. The van der Waals surface area contributed by atoms with E-state index in [1.165, 1.54) is 20.3 Å². The minimum Gasteiger partial charge on any atom is -0.488 e. The summed E-state index contributed by atoms with van der Waals surface area (Å²) in [5, 5.41) is 0. The van der Waals surface area contributed by atoms with Gasteiger partial charge < -0.3 is 9.47 Å². The SMILES string of the molecule is CC#CCOC(C)C1=CC(=[O+]C)C(OC)=CC1=O. The van der Waals surface area contributed by atoms with Gasteiger partial charge in [-0.15, -0.1) is 5.92 Å². The maximum atomic E-state index is 11.9. The Morgan fingerprint density at radius 1 is 1.44 bits per heavy atom. The van der Waals surface area contributed by atoms with Crippen LogP contribution in [0.5, 0.6) is 0 Å². The third kappa shape index (κ3) is 3.31. The van der Waals surface area contributed by atoms with Gasteiger partial charge in [0, 0.05) is 11.6 Å². The van der Waals surface area contributed by atoms with E-state index in [1.807, 2.05) is 0 Å². The lowest BCUT2D eigenvalue weighted by Crippen LogP contribution is -2.24.